The van der Waals surface area contributed by atoms with Crippen LogP contribution < -0.4 is 16.0 Å². The maximum atomic E-state index is 13.2. The molecule has 3 N–H and O–H groups in total. The molecule has 1 aromatic rings. The monoisotopic (exact) mass is 613 g/mol. The maximum absolute atomic E-state index is 13.2. The summed E-state index contributed by atoms with van der Waals surface area (Å²) in [5.74, 6) is -5.78. The zero-order valence-corrected chi connectivity index (χ0v) is 25.5. The highest BCUT2D eigenvalue weighted by Gasteiger charge is 2.45. The molecule has 0 aliphatic heterocycles. The van der Waals surface area contributed by atoms with Crippen LogP contribution in [0.2, 0.25) is 5.02 Å². The first-order valence-electron chi connectivity index (χ1n) is 13.3. The van der Waals surface area contributed by atoms with Crippen molar-refractivity contribution in [2.24, 2.45) is 11.8 Å². The van der Waals surface area contributed by atoms with Gasteiger partial charge in [0.25, 0.3) is 5.78 Å². The lowest BCUT2D eigenvalue weighted by atomic mass is 9.87. The molecule has 0 aliphatic carbocycles. The number of rotatable bonds is 14. The van der Waals surface area contributed by atoms with Crippen LogP contribution in [0.3, 0.4) is 0 Å². The predicted molar refractivity (Wildman–Crippen MR) is 155 cm³/mol. The van der Waals surface area contributed by atoms with Gasteiger partial charge in [0.2, 0.25) is 17.7 Å². The van der Waals surface area contributed by atoms with Gasteiger partial charge in [-0.15, -0.1) is 0 Å². The molecule has 0 bridgehead atoms. The van der Waals surface area contributed by atoms with Gasteiger partial charge in [0.15, 0.2) is 0 Å². The van der Waals surface area contributed by atoms with Crippen molar-refractivity contribution in [3.8, 4) is 0 Å². The van der Waals surface area contributed by atoms with E-state index in [0.717, 1.165) is 0 Å². The molecule has 0 aromatic heterocycles. The molecule has 0 spiro atoms. The number of hydrogen-bond acceptors (Lipinski definition) is 5. The van der Waals surface area contributed by atoms with E-state index in [1.807, 2.05) is 13.8 Å². The minimum absolute atomic E-state index is 0.0149. The van der Waals surface area contributed by atoms with Gasteiger partial charge in [0.1, 0.15) is 17.8 Å². The summed E-state index contributed by atoms with van der Waals surface area (Å²) >= 11 is 5.96. The Hall–Kier alpha value is -3.60. The van der Waals surface area contributed by atoms with Crippen LogP contribution in [0.15, 0.2) is 60.4 Å². The van der Waals surface area contributed by atoms with E-state index in [-0.39, 0.29) is 11.5 Å². The number of carbonyl (C=O) groups is 4. The Morgan fingerprint density at radius 1 is 0.881 bits per heavy atom. The molecule has 0 heterocycles. The number of ether oxygens (including phenoxy) is 1. The summed E-state index contributed by atoms with van der Waals surface area (Å²) in [6.07, 6.45) is -0.789. The van der Waals surface area contributed by atoms with Gasteiger partial charge in [-0.2, -0.15) is 13.2 Å². The maximum Gasteiger partial charge on any atom is 0.452 e. The van der Waals surface area contributed by atoms with Crippen LogP contribution in [0.5, 0.6) is 0 Å². The number of Topliss-reactive ketones (excluding diaryl/α,β-unsaturated/α-hetero) is 1. The topological polar surface area (TPSA) is 114 Å². The molecule has 0 fully saturated rings. The van der Waals surface area contributed by atoms with Crippen molar-refractivity contribution in [3.63, 3.8) is 0 Å². The zero-order valence-electron chi connectivity index (χ0n) is 24.8. The molecule has 4 atom stereocenters. The molecule has 0 unspecified atom stereocenters. The third-order valence-corrected chi connectivity index (χ3v) is 6.61. The summed E-state index contributed by atoms with van der Waals surface area (Å²) in [6, 6.07) is 2.08. The van der Waals surface area contributed by atoms with Gasteiger partial charge in [-0.05, 0) is 61.1 Å². The van der Waals surface area contributed by atoms with Gasteiger partial charge < -0.3 is 20.7 Å². The molecule has 0 saturated carbocycles. The van der Waals surface area contributed by atoms with Crippen molar-refractivity contribution in [1.29, 1.82) is 0 Å². The van der Waals surface area contributed by atoms with Gasteiger partial charge in [0.05, 0.1) is 19.1 Å². The average molecular weight is 614 g/mol. The standard InChI is InChI=1S/C30H39ClF3N3O5/c1-9-22(42-8)15-10-18(6)25(29(41)36-24(17(4)5)26(38)30(32,33)34)37-27(39)19(7)35-28(40)23(16(2)3)20-11-13-21(31)14-12-20/h9-17,19,23-25H,6H2,1-5,7-8H3,(H,35,40)(H,36,41)(H,37,39)/b15-10-,22-9+/t19-,23-,24-,25-/m0/s1. The summed E-state index contributed by atoms with van der Waals surface area (Å²) in [4.78, 5) is 51.6. The Balaban J connectivity index is 3.25. The van der Waals surface area contributed by atoms with E-state index in [1.54, 1.807) is 37.3 Å². The fourth-order valence-electron chi connectivity index (χ4n) is 3.99. The number of halogens is 4. The minimum atomic E-state index is -5.19. The van der Waals surface area contributed by atoms with E-state index in [0.29, 0.717) is 16.3 Å². The molecule has 12 heteroatoms. The summed E-state index contributed by atoms with van der Waals surface area (Å²) in [5, 5.41) is 7.66. The number of benzene rings is 1. The molecule has 232 valence electrons. The van der Waals surface area contributed by atoms with Crippen molar-refractivity contribution >= 4 is 35.1 Å². The quantitative estimate of drug-likeness (QED) is 0.202. The largest absolute Gasteiger partial charge is 0.497 e. The van der Waals surface area contributed by atoms with Crippen molar-refractivity contribution < 1.29 is 37.1 Å². The third-order valence-electron chi connectivity index (χ3n) is 6.36. The Bertz CT molecular complexity index is 1190. The number of carbonyl (C=O) groups excluding carboxylic acids is 4. The van der Waals surface area contributed by atoms with Gasteiger partial charge in [-0.3, -0.25) is 19.2 Å². The molecule has 1 rings (SSSR count). The van der Waals surface area contributed by atoms with Gasteiger partial charge >= 0.3 is 6.18 Å². The fraction of sp³-hybridized carbons (Fsp3) is 0.467. The number of allylic oxidation sites excluding steroid dienone is 2. The third kappa shape index (κ3) is 10.7. The van der Waals surface area contributed by atoms with Gasteiger partial charge in [-0.1, -0.05) is 64.1 Å². The first-order valence-corrected chi connectivity index (χ1v) is 13.7. The lowest BCUT2D eigenvalue weighted by Crippen LogP contribution is -2.57. The molecule has 0 saturated heterocycles. The van der Waals surface area contributed by atoms with E-state index in [1.165, 1.54) is 40.0 Å². The second kappa shape index (κ2) is 16.1. The minimum Gasteiger partial charge on any atom is -0.497 e. The normalized spacial score (nSPS) is 15.1. The molecular weight excluding hydrogens is 575 g/mol. The van der Waals surface area contributed by atoms with Crippen molar-refractivity contribution in [2.75, 3.05) is 7.11 Å². The van der Waals surface area contributed by atoms with E-state index in [2.05, 4.69) is 22.5 Å². The van der Waals surface area contributed by atoms with E-state index in [9.17, 15) is 32.3 Å². The molecule has 42 heavy (non-hydrogen) atoms. The second-order valence-electron chi connectivity index (χ2n) is 10.3. The van der Waals surface area contributed by atoms with Gasteiger partial charge in [0, 0.05) is 5.02 Å². The second-order valence-corrected chi connectivity index (χ2v) is 10.8. The lowest BCUT2D eigenvalue weighted by molar-refractivity contribution is -0.175. The molecule has 8 nitrogen and oxygen atoms in total. The van der Waals surface area contributed by atoms with Gasteiger partial charge in [-0.25, -0.2) is 0 Å². The van der Waals surface area contributed by atoms with Crippen LogP contribution in [0.1, 0.15) is 53.0 Å². The number of hydrogen-bond donors (Lipinski definition) is 3. The van der Waals surface area contributed by atoms with Crippen LogP contribution in [0.4, 0.5) is 13.2 Å². The number of amides is 3. The van der Waals surface area contributed by atoms with E-state index in [4.69, 9.17) is 16.3 Å². The Kier molecular flexibility index (Phi) is 14.0. The first kappa shape index (κ1) is 36.4. The average Bonchev–Trinajstić information content (AvgIpc) is 2.90. The highest BCUT2D eigenvalue weighted by molar-refractivity contribution is 6.30. The summed E-state index contributed by atoms with van der Waals surface area (Å²) in [5.41, 5.74) is 0.668. The van der Waals surface area contributed by atoms with Crippen molar-refractivity contribution in [2.45, 2.75) is 71.8 Å². The Morgan fingerprint density at radius 3 is 1.90 bits per heavy atom. The smallest absolute Gasteiger partial charge is 0.452 e. The summed E-state index contributed by atoms with van der Waals surface area (Å²) in [6.45, 7) is 13.2. The highest BCUT2D eigenvalue weighted by atomic mass is 35.5. The highest BCUT2D eigenvalue weighted by Crippen LogP contribution is 2.26. The van der Waals surface area contributed by atoms with Crippen LogP contribution in [-0.2, 0) is 23.9 Å². The molecule has 0 radical (unpaired) electrons. The molecule has 1 aromatic carbocycles. The Labute approximate surface area is 249 Å². The molecular formula is C30H39ClF3N3O5. The number of nitrogens with one attached hydrogen (secondary N) is 3. The Morgan fingerprint density at radius 2 is 1.45 bits per heavy atom. The van der Waals surface area contributed by atoms with E-state index >= 15 is 0 Å². The SMILES string of the molecule is C=C(/C=C\C(=C/C)OC)[C@H](NC(=O)[C@H](C)NC(=O)[C@H](c1ccc(Cl)cc1)C(C)C)C(=O)N[C@H](C(=O)C(F)(F)F)C(C)C. The summed E-state index contributed by atoms with van der Waals surface area (Å²) in [7, 11) is 1.41. The fourth-order valence-corrected chi connectivity index (χ4v) is 4.11. The van der Waals surface area contributed by atoms with Crippen LogP contribution in [-0.4, -0.2) is 54.9 Å². The zero-order chi connectivity index (χ0) is 32.4. The predicted octanol–water partition coefficient (Wildman–Crippen LogP) is 5.00. The first-order chi connectivity index (χ1) is 19.4. The van der Waals surface area contributed by atoms with Crippen LogP contribution in [0, 0.1) is 11.8 Å². The lowest BCUT2D eigenvalue weighted by Gasteiger charge is -2.27. The molecule has 3 amide bonds. The van der Waals surface area contributed by atoms with Crippen molar-refractivity contribution in [1.82, 2.24) is 16.0 Å². The molecule has 0 aliphatic rings. The summed E-state index contributed by atoms with van der Waals surface area (Å²) < 4.78 is 44.7. The van der Waals surface area contributed by atoms with Crippen LogP contribution in [0.25, 0.3) is 0 Å². The van der Waals surface area contributed by atoms with Crippen molar-refractivity contribution in [3.05, 3.63) is 71.0 Å². The number of methoxy groups -OCH3 is 1. The number of alkyl halides is 3. The van der Waals surface area contributed by atoms with Crippen LogP contribution >= 0.6 is 11.6 Å². The number of ketones is 1. The van der Waals surface area contributed by atoms with E-state index < -0.39 is 59.6 Å².